The van der Waals surface area contributed by atoms with Gasteiger partial charge in [0.2, 0.25) is 0 Å². The van der Waals surface area contributed by atoms with E-state index in [2.05, 4.69) is 66.0 Å². The number of aromatic amines is 1. The van der Waals surface area contributed by atoms with Crippen LogP contribution in [0.4, 0.5) is 5.69 Å². The number of benzene rings is 2. The Balaban J connectivity index is 1.52. The topological polar surface area (TPSA) is 43.5 Å². The summed E-state index contributed by atoms with van der Waals surface area (Å²) in [6, 6.07) is 15.1. The van der Waals surface area contributed by atoms with E-state index in [9.17, 15) is 0 Å². The predicted octanol–water partition coefficient (Wildman–Crippen LogP) is 5.01. The van der Waals surface area contributed by atoms with Gasteiger partial charge in [-0.15, -0.1) is 0 Å². The number of H-pyrrole nitrogens is 1. The molecule has 0 bridgehead atoms. The van der Waals surface area contributed by atoms with Gasteiger partial charge in [-0.25, -0.2) is 5.01 Å². The summed E-state index contributed by atoms with van der Waals surface area (Å²) in [5, 5.41) is 3.32. The van der Waals surface area contributed by atoms with Crippen LogP contribution in [-0.2, 0) is 17.7 Å². The highest BCUT2D eigenvalue weighted by Crippen LogP contribution is 2.37. The summed E-state index contributed by atoms with van der Waals surface area (Å²) >= 11 is 0. The van der Waals surface area contributed by atoms with E-state index in [1.165, 1.54) is 40.4 Å². The minimum Gasteiger partial charge on any atom is -0.386 e. The Bertz CT molecular complexity index is 1050. The zero-order valence-corrected chi connectivity index (χ0v) is 17.8. The molecule has 2 aliphatic rings. The van der Waals surface area contributed by atoms with Gasteiger partial charge in [-0.2, -0.15) is 0 Å². The van der Waals surface area contributed by atoms with Gasteiger partial charge < -0.3 is 9.82 Å². The zero-order valence-electron chi connectivity index (χ0n) is 17.8. The van der Waals surface area contributed by atoms with E-state index in [1.54, 1.807) is 0 Å². The molecule has 2 heterocycles. The molecular weight excluding hydrogens is 372 g/mol. The molecule has 156 valence electrons. The molecule has 2 N–H and O–H groups in total. The van der Waals surface area contributed by atoms with Crippen molar-refractivity contribution < 1.29 is 4.84 Å². The molecule has 0 saturated carbocycles. The fourth-order valence-corrected chi connectivity index (χ4v) is 4.96. The number of nitrogens with one attached hydrogen (secondary N) is 2. The molecular formula is C25H30N4O. The Hall–Kier alpha value is -2.76. The largest absolute Gasteiger partial charge is 0.386 e. The second-order valence-corrected chi connectivity index (χ2v) is 8.32. The molecule has 0 saturated heterocycles. The number of rotatable bonds is 7. The number of hydrogen-bond acceptors (Lipinski definition) is 4. The lowest BCUT2D eigenvalue weighted by atomic mass is 9.85. The number of hydrazine groups is 1. The maximum atomic E-state index is 5.94. The van der Waals surface area contributed by atoms with Crippen LogP contribution in [0.5, 0.6) is 0 Å². The first kappa shape index (κ1) is 19.2. The van der Waals surface area contributed by atoms with E-state index in [0.717, 1.165) is 37.4 Å². The molecule has 0 amide bonds. The van der Waals surface area contributed by atoms with Crippen molar-refractivity contribution in [1.29, 1.82) is 0 Å². The molecule has 1 aliphatic heterocycles. The lowest BCUT2D eigenvalue weighted by Crippen LogP contribution is -2.41. The van der Waals surface area contributed by atoms with Crippen LogP contribution in [0.2, 0.25) is 0 Å². The summed E-state index contributed by atoms with van der Waals surface area (Å²) < 4.78 is 0. The van der Waals surface area contributed by atoms with Gasteiger partial charge in [0, 0.05) is 28.7 Å². The van der Waals surface area contributed by atoms with Gasteiger partial charge in [0.1, 0.15) is 0 Å². The SMILES string of the molecule is CCCN(CCC)[C@H]1Cc2c[nH]c3ccc(C4=CN(c5ccccc5)NO4)c(c23)C1. The summed E-state index contributed by atoms with van der Waals surface area (Å²) in [5.74, 6) is 0.876. The Morgan fingerprint density at radius 2 is 1.83 bits per heavy atom. The van der Waals surface area contributed by atoms with Gasteiger partial charge in [-0.1, -0.05) is 37.6 Å². The lowest BCUT2D eigenvalue weighted by molar-refractivity contribution is 0.179. The van der Waals surface area contributed by atoms with Crippen LogP contribution in [-0.4, -0.2) is 29.0 Å². The number of hydrogen-bond donors (Lipinski definition) is 2. The first-order valence-electron chi connectivity index (χ1n) is 11.1. The monoisotopic (exact) mass is 402 g/mol. The van der Waals surface area contributed by atoms with E-state index in [4.69, 9.17) is 4.84 Å². The molecule has 30 heavy (non-hydrogen) atoms. The van der Waals surface area contributed by atoms with Gasteiger partial charge in [-0.3, -0.25) is 4.90 Å². The molecule has 3 aromatic rings. The first-order chi connectivity index (χ1) is 14.8. The zero-order chi connectivity index (χ0) is 20.5. The quantitative estimate of drug-likeness (QED) is 0.583. The molecule has 5 rings (SSSR count). The van der Waals surface area contributed by atoms with Crippen molar-refractivity contribution >= 4 is 22.3 Å². The van der Waals surface area contributed by atoms with Gasteiger partial charge in [0.15, 0.2) is 5.76 Å². The summed E-state index contributed by atoms with van der Waals surface area (Å²) in [6.07, 6.45) is 8.82. The van der Waals surface area contributed by atoms with E-state index in [0.29, 0.717) is 6.04 Å². The molecule has 0 radical (unpaired) electrons. The third kappa shape index (κ3) is 3.38. The van der Waals surface area contributed by atoms with Gasteiger partial charge in [0.05, 0.1) is 11.9 Å². The maximum absolute atomic E-state index is 5.94. The molecule has 1 aliphatic carbocycles. The predicted molar refractivity (Wildman–Crippen MR) is 123 cm³/mol. The van der Waals surface area contributed by atoms with Crippen molar-refractivity contribution in [3.05, 3.63) is 71.6 Å². The average molecular weight is 403 g/mol. The van der Waals surface area contributed by atoms with Gasteiger partial charge >= 0.3 is 0 Å². The summed E-state index contributed by atoms with van der Waals surface area (Å²) in [4.78, 5) is 12.1. The molecule has 0 fully saturated rings. The Morgan fingerprint density at radius 1 is 1.03 bits per heavy atom. The third-order valence-electron chi connectivity index (χ3n) is 6.27. The van der Waals surface area contributed by atoms with Gasteiger partial charge in [-0.05, 0) is 74.2 Å². The summed E-state index contributed by atoms with van der Waals surface area (Å²) in [7, 11) is 0. The van der Waals surface area contributed by atoms with Crippen molar-refractivity contribution in [3.8, 4) is 0 Å². The fraction of sp³-hybridized carbons (Fsp3) is 0.360. The molecule has 5 heteroatoms. The average Bonchev–Trinajstić information content (AvgIpc) is 3.43. The molecule has 1 aromatic heterocycles. The highest BCUT2D eigenvalue weighted by atomic mass is 16.7. The first-order valence-corrected chi connectivity index (χ1v) is 11.1. The van der Waals surface area contributed by atoms with Crippen LogP contribution < -0.4 is 10.6 Å². The molecule has 0 unspecified atom stereocenters. The van der Waals surface area contributed by atoms with Crippen LogP contribution in [0.25, 0.3) is 16.7 Å². The number of aromatic nitrogens is 1. The third-order valence-corrected chi connectivity index (χ3v) is 6.27. The van der Waals surface area contributed by atoms with Crippen LogP contribution in [0.1, 0.15) is 43.4 Å². The summed E-state index contributed by atoms with van der Waals surface area (Å²) in [6.45, 7) is 6.87. The molecule has 5 nitrogen and oxygen atoms in total. The van der Waals surface area contributed by atoms with E-state index in [1.807, 2.05) is 23.2 Å². The second-order valence-electron chi connectivity index (χ2n) is 8.32. The van der Waals surface area contributed by atoms with Crippen molar-refractivity contribution in [2.75, 3.05) is 18.1 Å². The minimum absolute atomic E-state index is 0.540. The Morgan fingerprint density at radius 3 is 2.60 bits per heavy atom. The minimum atomic E-state index is 0.540. The van der Waals surface area contributed by atoms with Crippen LogP contribution in [0, 0.1) is 0 Å². The van der Waals surface area contributed by atoms with E-state index >= 15 is 0 Å². The highest BCUT2D eigenvalue weighted by molar-refractivity contribution is 5.92. The normalized spacial score (nSPS) is 18.2. The molecule has 0 spiro atoms. The Labute approximate surface area is 178 Å². The second kappa shape index (κ2) is 8.17. The van der Waals surface area contributed by atoms with E-state index in [-0.39, 0.29) is 0 Å². The van der Waals surface area contributed by atoms with Crippen molar-refractivity contribution in [3.63, 3.8) is 0 Å². The molecule has 2 aromatic carbocycles. The fourth-order valence-electron chi connectivity index (χ4n) is 4.96. The Kier molecular flexibility index (Phi) is 5.23. The maximum Gasteiger partial charge on any atom is 0.174 e. The smallest absolute Gasteiger partial charge is 0.174 e. The van der Waals surface area contributed by atoms with Crippen LogP contribution in [0.15, 0.2) is 54.9 Å². The standard InChI is InChI=1S/C25H30N4O/c1-3-12-28(13-4-2)20-14-18-16-26-23-11-10-21(22(15-20)25(18)23)24-17-29(27-30-24)19-8-6-5-7-9-19/h5-11,16-17,20,26-27H,3-4,12-15H2,1-2H3/t20-/m0/s1. The van der Waals surface area contributed by atoms with Crippen molar-refractivity contribution in [2.24, 2.45) is 0 Å². The van der Waals surface area contributed by atoms with Crippen LogP contribution >= 0.6 is 0 Å². The van der Waals surface area contributed by atoms with Crippen molar-refractivity contribution in [2.45, 2.75) is 45.6 Å². The number of anilines is 1. The molecule has 1 atom stereocenters. The van der Waals surface area contributed by atoms with Crippen molar-refractivity contribution in [1.82, 2.24) is 15.5 Å². The number of nitrogens with zero attached hydrogens (tertiary/aromatic N) is 2. The lowest BCUT2D eigenvalue weighted by Gasteiger charge is -2.34. The number of para-hydroxylation sites is 1. The van der Waals surface area contributed by atoms with Crippen LogP contribution in [0.3, 0.4) is 0 Å². The van der Waals surface area contributed by atoms with Gasteiger partial charge in [0.25, 0.3) is 0 Å². The summed E-state index contributed by atoms with van der Waals surface area (Å²) in [5.41, 5.74) is 9.35. The van der Waals surface area contributed by atoms with E-state index < -0.39 is 0 Å². The highest BCUT2D eigenvalue weighted by Gasteiger charge is 2.30.